The van der Waals surface area contributed by atoms with Crippen LogP contribution in [0.4, 0.5) is 26.2 Å². The molecule has 0 amide bonds. The maximum atomic E-state index is 14.2. The number of anilines is 3. The van der Waals surface area contributed by atoms with Gasteiger partial charge in [0, 0.05) is 39.3 Å². The van der Waals surface area contributed by atoms with E-state index in [-0.39, 0.29) is 11.8 Å². The Labute approximate surface area is 229 Å². The quantitative estimate of drug-likeness (QED) is 0.334. The van der Waals surface area contributed by atoms with Gasteiger partial charge in [0.15, 0.2) is 11.6 Å². The molecule has 2 aliphatic heterocycles. The summed E-state index contributed by atoms with van der Waals surface area (Å²) in [4.78, 5) is 27.0. The molecule has 0 spiro atoms. The molecule has 6 rings (SSSR count). The largest absolute Gasteiger partial charge is 0.397 e. The predicted octanol–water partition coefficient (Wildman–Crippen LogP) is 2.37. The first-order valence-corrected chi connectivity index (χ1v) is 13.2. The highest BCUT2D eigenvalue weighted by Gasteiger charge is 2.25. The van der Waals surface area contributed by atoms with E-state index < -0.39 is 12.2 Å². The lowest BCUT2D eigenvalue weighted by molar-refractivity contribution is 0.0398. The molecule has 1 aromatic carbocycles. The number of imidazole rings is 1. The van der Waals surface area contributed by atoms with Crippen LogP contribution in [0.2, 0.25) is 0 Å². The average Bonchev–Trinajstić information content (AvgIpc) is 3.39. The maximum Gasteiger partial charge on any atom is 0.296 e. The summed E-state index contributed by atoms with van der Waals surface area (Å²) in [6.45, 7) is 6.70. The van der Waals surface area contributed by atoms with Crippen LogP contribution in [-0.4, -0.2) is 100 Å². The summed E-state index contributed by atoms with van der Waals surface area (Å²) >= 11 is 0. The number of nitrogens with two attached hydrogens (primary N) is 1. The van der Waals surface area contributed by atoms with Crippen molar-refractivity contribution in [1.82, 2.24) is 34.4 Å². The van der Waals surface area contributed by atoms with Crippen molar-refractivity contribution in [3.63, 3.8) is 0 Å². The molecule has 0 unspecified atom stereocenters. The van der Waals surface area contributed by atoms with Crippen molar-refractivity contribution in [2.75, 3.05) is 81.6 Å². The Morgan fingerprint density at radius 2 is 1.65 bits per heavy atom. The lowest BCUT2D eigenvalue weighted by Crippen LogP contribution is -2.39. The predicted molar refractivity (Wildman–Crippen MR) is 146 cm³/mol. The highest BCUT2D eigenvalue weighted by atomic mass is 19.3. The van der Waals surface area contributed by atoms with E-state index in [4.69, 9.17) is 20.2 Å². The van der Waals surface area contributed by atoms with Crippen LogP contribution in [0.3, 0.4) is 0 Å². The van der Waals surface area contributed by atoms with Gasteiger partial charge >= 0.3 is 0 Å². The summed E-state index contributed by atoms with van der Waals surface area (Å²) in [6, 6.07) is 8.64. The molecule has 3 aromatic heterocycles. The Kier molecular flexibility index (Phi) is 7.62. The fourth-order valence-electron chi connectivity index (χ4n) is 4.83. The van der Waals surface area contributed by atoms with Gasteiger partial charge in [0.05, 0.1) is 54.9 Å². The topological polar surface area (TPSA) is 132 Å². The van der Waals surface area contributed by atoms with Crippen LogP contribution in [0.1, 0.15) is 12.2 Å². The van der Waals surface area contributed by atoms with E-state index in [1.165, 1.54) is 4.57 Å². The third-order valence-electron chi connectivity index (χ3n) is 6.86. The molecule has 0 saturated carbocycles. The molecule has 5 heterocycles. The number of nitrogen functional groups attached to an aromatic ring is 1. The summed E-state index contributed by atoms with van der Waals surface area (Å²) in [5.74, 6) is 0.747. The monoisotopic (exact) mass is 552 g/mol. The van der Waals surface area contributed by atoms with Gasteiger partial charge < -0.3 is 25.4 Å². The third-order valence-corrected chi connectivity index (χ3v) is 6.86. The lowest BCUT2D eigenvalue weighted by atomic mass is 10.2. The second-order valence-electron chi connectivity index (χ2n) is 9.50. The van der Waals surface area contributed by atoms with Crippen LogP contribution in [0, 0.1) is 0 Å². The van der Waals surface area contributed by atoms with Gasteiger partial charge in [-0.3, -0.25) is 9.47 Å². The van der Waals surface area contributed by atoms with Crippen LogP contribution in [0.15, 0.2) is 36.5 Å². The van der Waals surface area contributed by atoms with Crippen LogP contribution in [-0.2, 0) is 9.47 Å². The third kappa shape index (κ3) is 5.50. The van der Waals surface area contributed by atoms with Crippen molar-refractivity contribution >= 4 is 28.5 Å². The minimum Gasteiger partial charge on any atom is -0.397 e. The molecule has 14 heteroatoms. The second-order valence-corrected chi connectivity index (χ2v) is 9.50. The van der Waals surface area contributed by atoms with Crippen molar-refractivity contribution in [1.29, 1.82) is 0 Å². The zero-order chi connectivity index (χ0) is 27.5. The molecule has 40 heavy (non-hydrogen) atoms. The number of nitrogens with zero attached hydrogens (tertiary/aromatic N) is 8. The molecule has 2 aliphatic rings. The molecule has 0 radical (unpaired) electrons. The normalized spacial score (nSPS) is 16.6. The van der Waals surface area contributed by atoms with E-state index >= 15 is 0 Å². The number of hydrogen-bond donors (Lipinski definition) is 2. The number of fused-ring (bicyclic) bond motifs is 1. The van der Waals surface area contributed by atoms with Crippen LogP contribution < -0.4 is 16.0 Å². The molecule has 2 fully saturated rings. The molecule has 0 atom stereocenters. The number of hydrogen-bond acceptors (Lipinski definition) is 11. The summed E-state index contributed by atoms with van der Waals surface area (Å²) in [7, 11) is 0. The van der Waals surface area contributed by atoms with E-state index in [0.29, 0.717) is 80.1 Å². The molecule has 4 aromatic rings. The van der Waals surface area contributed by atoms with Gasteiger partial charge in [-0.25, -0.2) is 18.7 Å². The van der Waals surface area contributed by atoms with E-state index in [1.54, 1.807) is 36.5 Å². The molecular weight excluding hydrogens is 522 g/mol. The highest BCUT2D eigenvalue weighted by Crippen LogP contribution is 2.31. The van der Waals surface area contributed by atoms with Gasteiger partial charge in [0.25, 0.3) is 6.43 Å². The summed E-state index contributed by atoms with van der Waals surface area (Å²) < 4.78 is 40.6. The minimum absolute atomic E-state index is 0.0391. The standard InChI is InChI=1S/C26H30F2N10O2/c27-21(28)24-32-19-3-1-2-4-20(19)38(24)26-34-23(33-25(35-26)37-9-13-40-14-10-37)18-15-17(29)16-31-22(18)30-5-6-36-7-11-39-12-8-36/h1-4,15-16,21H,5-14,29H2,(H,30,31). The molecule has 0 bridgehead atoms. The van der Waals surface area contributed by atoms with Gasteiger partial charge in [-0.1, -0.05) is 12.1 Å². The fourth-order valence-corrected chi connectivity index (χ4v) is 4.83. The molecule has 12 nitrogen and oxygen atoms in total. The van der Waals surface area contributed by atoms with E-state index in [0.717, 1.165) is 19.6 Å². The Hall–Kier alpha value is -4.01. The van der Waals surface area contributed by atoms with Crippen molar-refractivity contribution in [2.45, 2.75) is 6.43 Å². The molecule has 2 saturated heterocycles. The van der Waals surface area contributed by atoms with Crippen molar-refractivity contribution in [3.8, 4) is 17.3 Å². The van der Waals surface area contributed by atoms with Crippen molar-refractivity contribution < 1.29 is 18.3 Å². The number of halogens is 2. The number of pyridine rings is 1. The van der Waals surface area contributed by atoms with Crippen molar-refractivity contribution in [3.05, 3.63) is 42.4 Å². The zero-order valence-corrected chi connectivity index (χ0v) is 21.8. The SMILES string of the molecule is Nc1cnc(NCCN2CCOCC2)c(-c2nc(N3CCOCC3)nc(-n3c(C(F)F)nc4ccccc43)n2)c1. The Morgan fingerprint density at radius 1 is 0.925 bits per heavy atom. The first-order chi connectivity index (χ1) is 19.6. The summed E-state index contributed by atoms with van der Waals surface area (Å²) in [5.41, 5.74) is 7.99. The number of alkyl halides is 2. The Bertz CT molecular complexity index is 1470. The summed E-state index contributed by atoms with van der Waals surface area (Å²) in [6.07, 6.45) is -1.28. The first-order valence-electron chi connectivity index (χ1n) is 13.2. The number of morpholine rings is 2. The molecule has 3 N–H and O–H groups in total. The molecular formula is C26H30F2N10O2. The van der Waals surface area contributed by atoms with E-state index in [1.807, 2.05) is 4.90 Å². The lowest BCUT2D eigenvalue weighted by Gasteiger charge is -2.27. The Balaban J connectivity index is 1.43. The highest BCUT2D eigenvalue weighted by molar-refractivity contribution is 5.78. The number of ether oxygens (including phenoxy) is 2. The van der Waals surface area contributed by atoms with Crippen molar-refractivity contribution in [2.24, 2.45) is 0 Å². The number of rotatable bonds is 8. The number of benzene rings is 1. The van der Waals surface area contributed by atoms with Gasteiger partial charge in [0.2, 0.25) is 11.9 Å². The fraction of sp³-hybridized carbons (Fsp3) is 0.423. The first kappa shape index (κ1) is 26.2. The average molecular weight is 553 g/mol. The smallest absolute Gasteiger partial charge is 0.296 e. The van der Waals surface area contributed by atoms with Crippen LogP contribution in [0.5, 0.6) is 0 Å². The molecule has 210 valence electrons. The van der Waals surface area contributed by atoms with E-state index in [2.05, 4.69) is 30.2 Å². The number of aromatic nitrogens is 6. The van der Waals surface area contributed by atoms with E-state index in [9.17, 15) is 8.78 Å². The maximum absolute atomic E-state index is 14.2. The second kappa shape index (κ2) is 11.6. The van der Waals surface area contributed by atoms with Crippen LogP contribution >= 0.6 is 0 Å². The zero-order valence-electron chi connectivity index (χ0n) is 21.8. The van der Waals surface area contributed by atoms with Crippen LogP contribution in [0.25, 0.3) is 28.4 Å². The van der Waals surface area contributed by atoms with Gasteiger partial charge in [-0.2, -0.15) is 15.0 Å². The Morgan fingerprint density at radius 3 is 2.42 bits per heavy atom. The van der Waals surface area contributed by atoms with Gasteiger partial charge in [0.1, 0.15) is 5.82 Å². The molecule has 0 aliphatic carbocycles. The number of nitrogens with one attached hydrogen (secondary N) is 1. The van der Waals surface area contributed by atoms with Gasteiger partial charge in [-0.05, 0) is 18.2 Å². The van der Waals surface area contributed by atoms with Gasteiger partial charge in [-0.15, -0.1) is 0 Å². The summed E-state index contributed by atoms with van der Waals surface area (Å²) in [5, 5.41) is 3.38. The number of para-hydroxylation sites is 2. The minimum atomic E-state index is -2.84.